The van der Waals surface area contributed by atoms with Crippen LogP contribution in [0.1, 0.15) is 12.5 Å². The lowest BCUT2D eigenvalue weighted by Gasteiger charge is -2.13. The maximum Gasteiger partial charge on any atom is 0.395 e. The van der Waals surface area contributed by atoms with Crippen LogP contribution in [0.25, 0.3) is 11.1 Å². The van der Waals surface area contributed by atoms with Crippen molar-refractivity contribution in [2.75, 3.05) is 0 Å². The quantitative estimate of drug-likeness (QED) is 0.656. The number of hydrogen-bond donors (Lipinski definition) is 2. The van der Waals surface area contributed by atoms with Gasteiger partial charge in [-0.05, 0) is 36.2 Å². The van der Waals surface area contributed by atoms with Crippen molar-refractivity contribution in [3.63, 3.8) is 0 Å². The number of rotatable bonds is 4. The second-order valence-electron chi connectivity index (χ2n) is 4.00. The van der Waals surface area contributed by atoms with E-state index in [9.17, 15) is 14.8 Å². The van der Waals surface area contributed by atoms with Gasteiger partial charge in [0.25, 0.3) is 0 Å². The molecule has 5 heteroatoms. The normalized spacial score (nSPS) is 10.6. The third-order valence-corrected chi connectivity index (χ3v) is 3.16. The van der Waals surface area contributed by atoms with Crippen LogP contribution in [0.2, 0.25) is 0 Å². The SMILES string of the molecule is CCc1c(OP=O)cccc1-c1cc(O)ccc1O. The highest BCUT2D eigenvalue weighted by molar-refractivity contribution is 7.17. The van der Waals surface area contributed by atoms with Crippen molar-refractivity contribution < 1.29 is 19.3 Å². The highest BCUT2D eigenvalue weighted by Crippen LogP contribution is 2.38. The molecule has 2 rings (SSSR count). The lowest BCUT2D eigenvalue weighted by molar-refractivity contribution is 0.462. The first-order valence-corrected chi connectivity index (χ1v) is 6.54. The Hall–Kier alpha value is -2.06. The van der Waals surface area contributed by atoms with Crippen molar-refractivity contribution in [3.8, 4) is 28.4 Å². The number of aromatic hydroxyl groups is 2. The van der Waals surface area contributed by atoms with Gasteiger partial charge in [0.2, 0.25) is 0 Å². The van der Waals surface area contributed by atoms with Gasteiger partial charge in [-0.2, -0.15) is 0 Å². The Morgan fingerprint density at radius 1 is 1.16 bits per heavy atom. The maximum atomic E-state index is 10.6. The van der Waals surface area contributed by atoms with E-state index in [2.05, 4.69) is 0 Å². The first-order chi connectivity index (χ1) is 9.17. The summed E-state index contributed by atoms with van der Waals surface area (Å²) in [6.07, 6.45) is 0.649. The fourth-order valence-corrected chi connectivity index (χ4v) is 2.30. The standard InChI is InChI=1S/C14H13O4P/c1-2-10-11(4-3-5-14(10)18-19-17)12-8-9(15)6-7-13(12)16/h3-8,15-16H,2H2,1H3. The van der Waals surface area contributed by atoms with Crippen molar-refractivity contribution in [1.82, 2.24) is 0 Å². The molecule has 98 valence electrons. The van der Waals surface area contributed by atoms with Crippen LogP contribution in [-0.2, 0) is 11.0 Å². The molecular formula is C14H13O4P. The Bertz CT molecular complexity index is 610. The first kappa shape index (κ1) is 13.4. The molecule has 0 aliphatic rings. The van der Waals surface area contributed by atoms with Gasteiger partial charge < -0.3 is 14.7 Å². The van der Waals surface area contributed by atoms with Gasteiger partial charge in [-0.1, -0.05) is 19.1 Å². The summed E-state index contributed by atoms with van der Waals surface area (Å²) in [5.41, 5.74) is 2.09. The van der Waals surface area contributed by atoms with E-state index in [1.165, 1.54) is 18.2 Å². The summed E-state index contributed by atoms with van der Waals surface area (Å²) < 4.78 is 15.6. The van der Waals surface area contributed by atoms with Gasteiger partial charge in [0.15, 0.2) is 0 Å². The van der Waals surface area contributed by atoms with Crippen LogP contribution in [-0.4, -0.2) is 10.2 Å². The van der Waals surface area contributed by atoms with Gasteiger partial charge in [0, 0.05) is 11.1 Å². The monoisotopic (exact) mass is 276 g/mol. The maximum absolute atomic E-state index is 10.6. The summed E-state index contributed by atoms with van der Waals surface area (Å²) in [6.45, 7) is 1.94. The van der Waals surface area contributed by atoms with Crippen LogP contribution >= 0.6 is 8.69 Å². The second kappa shape index (κ2) is 5.72. The summed E-state index contributed by atoms with van der Waals surface area (Å²) >= 11 is 0. The third kappa shape index (κ3) is 2.69. The van der Waals surface area contributed by atoms with Gasteiger partial charge >= 0.3 is 8.69 Å². The molecule has 0 aliphatic heterocycles. The molecule has 0 aromatic heterocycles. The number of phenols is 2. The Kier molecular flexibility index (Phi) is 4.03. The minimum absolute atomic E-state index is 0.0723. The van der Waals surface area contributed by atoms with Crippen LogP contribution in [0.5, 0.6) is 17.2 Å². The summed E-state index contributed by atoms with van der Waals surface area (Å²) in [5, 5.41) is 19.5. The van der Waals surface area contributed by atoms with Gasteiger partial charge in [-0.15, -0.1) is 0 Å². The molecule has 0 radical (unpaired) electrons. The molecule has 0 bridgehead atoms. The zero-order valence-corrected chi connectivity index (χ0v) is 11.2. The first-order valence-electron chi connectivity index (χ1n) is 5.81. The van der Waals surface area contributed by atoms with E-state index < -0.39 is 8.69 Å². The van der Waals surface area contributed by atoms with Gasteiger partial charge in [0.1, 0.15) is 17.2 Å². The largest absolute Gasteiger partial charge is 0.508 e. The highest BCUT2D eigenvalue weighted by Gasteiger charge is 2.13. The minimum Gasteiger partial charge on any atom is -0.508 e. The predicted octanol–water partition coefficient (Wildman–Crippen LogP) is 3.91. The molecule has 0 amide bonds. The number of hydrogen-bond acceptors (Lipinski definition) is 4. The average Bonchev–Trinajstić information content (AvgIpc) is 2.41. The fraction of sp³-hybridized carbons (Fsp3) is 0.143. The van der Waals surface area contributed by atoms with Crippen molar-refractivity contribution in [2.24, 2.45) is 0 Å². The fourth-order valence-electron chi connectivity index (χ4n) is 2.05. The summed E-state index contributed by atoms with van der Waals surface area (Å²) in [6, 6.07) is 9.63. The van der Waals surface area contributed by atoms with E-state index in [1.807, 2.05) is 13.0 Å². The molecule has 0 saturated carbocycles. The van der Waals surface area contributed by atoms with E-state index in [0.717, 1.165) is 11.1 Å². The Balaban J connectivity index is 2.64. The van der Waals surface area contributed by atoms with Gasteiger partial charge in [-0.25, -0.2) is 4.57 Å². The van der Waals surface area contributed by atoms with Crippen LogP contribution in [0.4, 0.5) is 0 Å². The molecule has 4 nitrogen and oxygen atoms in total. The van der Waals surface area contributed by atoms with Crippen molar-refractivity contribution >= 4 is 8.69 Å². The Labute approximate surface area is 112 Å². The smallest absolute Gasteiger partial charge is 0.395 e. The van der Waals surface area contributed by atoms with E-state index in [4.69, 9.17) is 4.52 Å². The van der Waals surface area contributed by atoms with Gasteiger partial charge in [0.05, 0.1) is 0 Å². The molecule has 0 unspecified atom stereocenters. The lowest BCUT2D eigenvalue weighted by atomic mass is 9.96. The van der Waals surface area contributed by atoms with E-state index in [-0.39, 0.29) is 11.5 Å². The van der Waals surface area contributed by atoms with Crippen molar-refractivity contribution in [1.29, 1.82) is 0 Å². The molecule has 2 aromatic carbocycles. The summed E-state index contributed by atoms with van der Waals surface area (Å²) in [4.78, 5) is 0. The highest BCUT2D eigenvalue weighted by atomic mass is 31.1. The molecule has 0 fully saturated rings. The summed E-state index contributed by atoms with van der Waals surface area (Å²) in [5.74, 6) is 0.645. The molecule has 0 atom stereocenters. The molecule has 0 spiro atoms. The van der Waals surface area contributed by atoms with Crippen LogP contribution in [0.15, 0.2) is 36.4 Å². The Morgan fingerprint density at radius 3 is 2.63 bits per heavy atom. The van der Waals surface area contributed by atoms with Crippen molar-refractivity contribution in [2.45, 2.75) is 13.3 Å². The number of phenolic OH excluding ortho intramolecular Hbond substituents is 2. The predicted molar refractivity (Wildman–Crippen MR) is 72.8 cm³/mol. The van der Waals surface area contributed by atoms with Crippen molar-refractivity contribution in [3.05, 3.63) is 42.0 Å². The van der Waals surface area contributed by atoms with E-state index in [1.54, 1.807) is 12.1 Å². The Morgan fingerprint density at radius 2 is 1.95 bits per heavy atom. The third-order valence-electron chi connectivity index (χ3n) is 2.89. The molecule has 0 heterocycles. The zero-order chi connectivity index (χ0) is 13.8. The van der Waals surface area contributed by atoms with E-state index in [0.29, 0.717) is 17.7 Å². The minimum atomic E-state index is -0.422. The van der Waals surface area contributed by atoms with E-state index >= 15 is 0 Å². The molecule has 19 heavy (non-hydrogen) atoms. The molecule has 0 aliphatic carbocycles. The summed E-state index contributed by atoms with van der Waals surface area (Å²) in [7, 11) is -0.422. The molecule has 0 saturated heterocycles. The molecular weight excluding hydrogens is 263 g/mol. The zero-order valence-electron chi connectivity index (χ0n) is 10.3. The topological polar surface area (TPSA) is 66.8 Å². The second-order valence-corrected chi connectivity index (χ2v) is 4.33. The van der Waals surface area contributed by atoms with Crippen LogP contribution in [0.3, 0.4) is 0 Å². The van der Waals surface area contributed by atoms with Crippen LogP contribution < -0.4 is 4.52 Å². The van der Waals surface area contributed by atoms with Gasteiger partial charge in [-0.3, -0.25) is 0 Å². The number of benzene rings is 2. The lowest BCUT2D eigenvalue weighted by Crippen LogP contribution is -1.92. The average molecular weight is 276 g/mol. The molecule has 2 N–H and O–H groups in total. The molecule has 2 aromatic rings. The van der Waals surface area contributed by atoms with Crippen LogP contribution in [0, 0.1) is 0 Å².